The van der Waals surface area contributed by atoms with Gasteiger partial charge in [-0.2, -0.15) is 0 Å². The Balaban J connectivity index is 3.72. The zero-order chi connectivity index (χ0) is 21.3. The van der Waals surface area contributed by atoms with E-state index in [1.165, 1.54) is 0 Å². The van der Waals surface area contributed by atoms with Gasteiger partial charge in [0.05, 0.1) is 18.4 Å². The number of carboxylic acid groups (broad SMARTS) is 2. The van der Waals surface area contributed by atoms with Crippen LogP contribution in [0, 0.1) is 16.2 Å². The second kappa shape index (κ2) is 7.87. The van der Waals surface area contributed by atoms with Gasteiger partial charge >= 0.3 is 11.9 Å². The highest BCUT2D eigenvalue weighted by Gasteiger charge is 2.71. The van der Waals surface area contributed by atoms with Crippen LogP contribution in [0.5, 0.6) is 0 Å². The number of hydrogen-bond donors (Lipinski definition) is 3. The largest absolute Gasteiger partial charge is 0.481 e. The predicted molar refractivity (Wildman–Crippen MR) is 103 cm³/mol. The van der Waals surface area contributed by atoms with Crippen molar-refractivity contribution in [1.29, 1.82) is 0 Å². The maximum Gasteiger partial charge on any atom is 0.304 e. The molecule has 0 spiro atoms. The number of nitrogens with two attached hydrogens (primary N) is 1. The zero-order valence-electron chi connectivity index (χ0n) is 17.6. The maximum atomic E-state index is 13.5. The fourth-order valence-electron chi connectivity index (χ4n) is 5.67. The van der Waals surface area contributed by atoms with Gasteiger partial charge in [-0.15, -0.1) is 0 Å². The lowest BCUT2D eigenvalue weighted by molar-refractivity contribution is -0.216. The summed E-state index contributed by atoms with van der Waals surface area (Å²) in [5.74, 6) is -1.96. The van der Waals surface area contributed by atoms with E-state index in [0.29, 0.717) is 13.0 Å². The summed E-state index contributed by atoms with van der Waals surface area (Å²) in [4.78, 5) is 38.5. The third-order valence-electron chi connectivity index (χ3n) is 6.39. The summed E-state index contributed by atoms with van der Waals surface area (Å²) in [5, 5.41) is 19.0. The van der Waals surface area contributed by atoms with Gasteiger partial charge in [0.2, 0.25) is 0 Å². The Labute approximate surface area is 162 Å². The second-order valence-corrected chi connectivity index (χ2v) is 9.68. The summed E-state index contributed by atoms with van der Waals surface area (Å²) < 4.78 is 0. The molecule has 1 unspecified atom stereocenters. The second-order valence-electron chi connectivity index (χ2n) is 9.68. The summed E-state index contributed by atoms with van der Waals surface area (Å²) in [6, 6.07) is 0. The van der Waals surface area contributed by atoms with Crippen LogP contribution < -0.4 is 5.73 Å². The van der Waals surface area contributed by atoms with Crippen molar-refractivity contribution in [2.45, 2.75) is 72.8 Å². The number of carboxylic acids is 2. The van der Waals surface area contributed by atoms with Crippen LogP contribution >= 0.6 is 0 Å². The van der Waals surface area contributed by atoms with Gasteiger partial charge in [-0.3, -0.25) is 19.3 Å². The van der Waals surface area contributed by atoms with Crippen molar-refractivity contribution in [1.82, 2.24) is 4.90 Å². The number of carbonyl (C=O) groups is 3. The fraction of sp³-hybridized carbons (Fsp3) is 0.850. The Morgan fingerprint density at radius 3 is 1.78 bits per heavy atom. The Hall–Kier alpha value is -1.47. The molecule has 1 heterocycles. The molecule has 1 atom stereocenters. The number of aliphatic carboxylic acids is 2. The molecule has 0 aromatic rings. The first kappa shape index (κ1) is 23.6. The predicted octanol–water partition coefficient (Wildman–Crippen LogP) is 2.38. The summed E-state index contributed by atoms with van der Waals surface area (Å²) >= 11 is 0. The van der Waals surface area contributed by atoms with E-state index in [1.807, 2.05) is 46.4 Å². The molecular weight excluding hydrogens is 348 g/mol. The summed E-state index contributed by atoms with van der Waals surface area (Å²) in [6.45, 7) is 12.9. The van der Waals surface area contributed by atoms with E-state index in [2.05, 4.69) is 0 Å². The van der Waals surface area contributed by atoms with E-state index in [4.69, 9.17) is 10.8 Å². The van der Waals surface area contributed by atoms with Crippen molar-refractivity contribution < 1.29 is 24.6 Å². The van der Waals surface area contributed by atoms with Crippen LogP contribution in [0.3, 0.4) is 0 Å². The molecule has 7 nitrogen and oxygen atoms in total. The summed E-state index contributed by atoms with van der Waals surface area (Å²) in [6.07, 6.45) is 0.416. The zero-order valence-corrected chi connectivity index (χ0v) is 17.6. The van der Waals surface area contributed by atoms with Crippen molar-refractivity contribution in [3.63, 3.8) is 0 Å². The number of carbonyl (C=O) groups excluding carboxylic acids is 1. The molecule has 1 rings (SSSR count). The first-order chi connectivity index (χ1) is 12.2. The van der Waals surface area contributed by atoms with Gasteiger partial charge in [-0.25, -0.2) is 0 Å². The Bertz CT molecular complexity index is 574. The van der Waals surface area contributed by atoms with Crippen LogP contribution in [-0.4, -0.2) is 58.0 Å². The molecule has 1 aliphatic heterocycles. The topological polar surface area (TPSA) is 121 Å². The molecule has 0 aromatic heterocycles. The molecule has 7 heteroatoms. The summed E-state index contributed by atoms with van der Waals surface area (Å²) in [5.41, 5.74) is 2.72. The number of likely N-dealkylation sites (tertiary alicyclic amines) is 1. The van der Waals surface area contributed by atoms with Gasteiger partial charge in [0.15, 0.2) is 5.78 Å². The van der Waals surface area contributed by atoms with Crippen molar-refractivity contribution in [3.8, 4) is 0 Å². The van der Waals surface area contributed by atoms with E-state index in [1.54, 1.807) is 0 Å². The van der Waals surface area contributed by atoms with Crippen LogP contribution in [0.25, 0.3) is 0 Å². The van der Waals surface area contributed by atoms with Gasteiger partial charge in [0.1, 0.15) is 0 Å². The highest BCUT2D eigenvalue weighted by atomic mass is 16.4. The first-order valence-corrected chi connectivity index (χ1v) is 9.59. The Kier molecular flexibility index (Phi) is 6.87. The molecule has 4 N–H and O–H groups in total. The molecule has 0 radical (unpaired) electrons. The molecule has 156 valence electrons. The lowest BCUT2D eigenvalue weighted by Crippen LogP contribution is -2.78. The van der Waals surface area contributed by atoms with E-state index in [0.717, 1.165) is 0 Å². The van der Waals surface area contributed by atoms with Gasteiger partial charge in [-0.1, -0.05) is 41.5 Å². The standard InChI is InChI=1S/C20H36N2O5/c1-17(2,3)20(13-16(26)27,18(4,5)6)19(14(23)7-10-21)9-12-22(19)11-8-15(24)25/h7-13,21H2,1-6H3,(H,24,25)(H,26,27). The maximum absolute atomic E-state index is 13.5. The molecule has 1 aliphatic rings. The fourth-order valence-corrected chi connectivity index (χ4v) is 5.67. The molecular formula is C20H36N2O5. The minimum Gasteiger partial charge on any atom is -0.481 e. The Morgan fingerprint density at radius 1 is 0.963 bits per heavy atom. The van der Waals surface area contributed by atoms with Crippen molar-refractivity contribution in [3.05, 3.63) is 0 Å². The van der Waals surface area contributed by atoms with Gasteiger partial charge < -0.3 is 15.9 Å². The molecule has 0 bridgehead atoms. The van der Waals surface area contributed by atoms with E-state index < -0.39 is 33.7 Å². The average molecular weight is 385 g/mol. The molecule has 27 heavy (non-hydrogen) atoms. The molecule has 1 fully saturated rings. The van der Waals surface area contributed by atoms with E-state index in [9.17, 15) is 19.5 Å². The van der Waals surface area contributed by atoms with Crippen molar-refractivity contribution in [2.75, 3.05) is 19.6 Å². The third kappa shape index (κ3) is 3.90. The van der Waals surface area contributed by atoms with Gasteiger partial charge in [0, 0.05) is 24.9 Å². The smallest absolute Gasteiger partial charge is 0.304 e. The highest BCUT2D eigenvalue weighted by Crippen LogP contribution is 2.65. The number of nitrogens with zero attached hydrogens (tertiary/aromatic N) is 1. The van der Waals surface area contributed by atoms with Crippen LogP contribution in [0.15, 0.2) is 0 Å². The number of Topliss-reactive ketones (excluding diaryl/α,β-unsaturated/α-hetero) is 1. The third-order valence-corrected chi connectivity index (χ3v) is 6.39. The lowest BCUT2D eigenvalue weighted by Gasteiger charge is -2.70. The molecule has 1 saturated heterocycles. The first-order valence-electron chi connectivity index (χ1n) is 9.59. The number of hydrogen-bond acceptors (Lipinski definition) is 5. The monoisotopic (exact) mass is 384 g/mol. The van der Waals surface area contributed by atoms with Gasteiger partial charge in [-0.05, 0) is 23.8 Å². The van der Waals surface area contributed by atoms with Crippen molar-refractivity contribution >= 4 is 17.7 Å². The quantitative estimate of drug-likeness (QED) is 0.558. The molecule has 0 amide bonds. The number of rotatable bonds is 9. The summed E-state index contributed by atoms with van der Waals surface area (Å²) in [7, 11) is 0. The van der Waals surface area contributed by atoms with Crippen LogP contribution in [0.4, 0.5) is 0 Å². The molecule has 0 saturated carbocycles. The average Bonchev–Trinajstić information content (AvgIpc) is 2.42. The normalized spacial score (nSPS) is 21.6. The van der Waals surface area contributed by atoms with E-state index in [-0.39, 0.29) is 38.1 Å². The van der Waals surface area contributed by atoms with Crippen LogP contribution in [0.1, 0.15) is 67.2 Å². The van der Waals surface area contributed by atoms with E-state index >= 15 is 0 Å². The minimum absolute atomic E-state index is 0.0762. The van der Waals surface area contributed by atoms with Crippen molar-refractivity contribution in [2.24, 2.45) is 22.0 Å². The van der Waals surface area contributed by atoms with Crippen LogP contribution in [0.2, 0.25) is 0 Å². The molecule has 0 aromatic carbocycles. The van der Waals surface area contributed by atoms with Gasteiger partial charge in [0.25, 0.3) is 0 Å². The van der Waals surface area contributed by atoms with Crippen LogP contribution in [-0.2, 0) is 14.4 Å². The highest BCUT2D eigenvalue weighted by molar-refractivity contribution is 5.92. The lowest BCUT2D eigenvalue weighted by atomic mass is 9.41. The SMILES string of the molecule is CC(C)(C)C(CC(=O)O)(C(C)(C)C)C1(C(=O)CCN)CCN1CCC(=O)O. The molecule has 0 aliphatic carbocycles. The number of ketones is 1. The Morgan fingerprint density at radius 2 is 1.48 bits per heavy atom. The minimum atomic E-state index is -1.03.